The van der Waals surface area contributed by atoms with Crippen LogP contribution in [0, 0.1) is 0 Å². The molecule has 0 bridgehead atoms. The fourth-order valence-electron chi connectivity index (χ4n) is 1.37. The van der Waals surface area contributed by atoms with E-state index in [0.29, 0.717) is 17.2 Å². The standard InChI is InChI=1S/C14H25FN2O2/c1-7-11(10-17(6)15)9-12(8-2)16-13(18)19-14(3,4)5/h8-9H,7,10H2,1-6H3,(H,16,18)/b11-9+,12-8+. The van der Waals surface area contributed by atoms with Gasteiger partial charge in [0, 0.05) is 12.7 Å². The van der Waals surface area contributed by atoms with Gasteiger partial charge < -0.3 is 4.74 Å². The lowest BCUT2D eigenvalue weighted by atomic mass is 10.1. The van der Waals surface area contributed by atoms with E-state index in [1.165, 1.54) is 7.05 Å². The number of halogens is 1. The van der Waals surface area contributed by atoms with E-state index in [4.69, 9.17) is 4.74 Å². The summed E-state index contributed by atoms with van der Waals surface area (Å²) in [4.78, 5) is 11.6. The van der Waals surface area contributed by atoms with Crippen LogP contribution in [0.4, 0.5) is 9.28 Å². The zero-order valence-electron chi connectivity index (χ0n) is 12.7. The Hall–Kier alpha value is -1.36. The number of hydrogen-bond acceptors (Lipinski definition) is 3. The Kier molecular flexibility index (Phi) is 7.37. The second-order valence-electron chi connectivity index (χ2n) is 5.29. The summed E-state index contributed by atoms with van der Waals surface area (Å²) in [5, 5.41) is 3.25. The molecule has 5 heteroatoms. The number of hydrogen-bond donors (Lipinski definition) is 1. The summed E-state index contributed by atoms with van der Waals surface area (Å²) < 4.78 is 18.0. The Balaban J connectivity index is 4.67. The van der Waals surface area contributed by atoms with E-state index in [2.05, 4.69) is 5.32 Å². The van der Waals surface area contributed by atoms with E-state index in [0.717, 1.165) is 5.57 Å². The van der Waals surface area contributed by atoms with Gasteiger partial charge in [0.25, 0.3) is 0 Å². The van der Waals surface area contributed by atoms with Crippen molar-refractivity contribution in [1.82, 2.24) is 10.4 Å². The summed E-state index contributed by atoms with van der Waals surface area (Å²) in [6.45, 7) is 9.35. The number of carbonyl (C=O) groups is 1. The summed E-state index contributed by atoms with van der Waals surface area (Å²) in [5.74, 6) is 0. The quantitative estimate of drug-likeness (QED) is 0.614. The Morgan fingerprint density at radius 2 is 2.00 bits per heavy atom. The molecule has 0 aliphatic rings. The summed E-state index contributed by atoms with van der Waals surface area (Å²) in [5.41, 5.74) is 0.946. The van der Waals surface area contributed by atoms with Crippen molar-refractivity contribution in [3.63, 3.8) is 0 Å². The van der Waals surface area contributed by atoms with Crippen molar-refractivity contribution in [2.45, 2.75) is 46.6 Å². The highest BCUT2D eigenvalue weighted by Gasteiger charge is 2.16. The van der Waals surface area contributed by atoms with Crippen molar-refractivity contribution >= 4 is 6.09 Å². The molecular weight excluding hydrogens is 247 g/mol. The average molecular weight is 272 g/mol. The van der Waals surface area contributed by atoms with Gasteiger partial charge in [-0.2, -0.15) is 0 Å². The summed E-state index contributed by atoms with van der Waals surface area (Å²) in [6, 6.07) is 0. The molecule has 0 aromatic carbocycles. The van der Waals surface area contributed by atoms with Crippen LogP contribution in [0.2, 0.25) is 0 Å². The number of amides is 1. The van der Waals surface area contributed by atoms with Gasteiger partial charge in [-0.05, 0) is 40.2 Å². The summed E-state index contributed by atoms with van der Waals surface area (Å²) in [7, 11) is 1.36. The van der Waals surface area contributed by atoms with Crippen LogP contribution in [-0.4, -0.2) is 30.4 Å². The fourth-order valence-corrected chi connectivity index (χ4v) is 1.37. The number of nitrogens with zero attached hydrogens (tertiary/aromatic N) is 1. The smallest absolute Gasteiger partial charge is 0.412 e. The van der Waals surface area contributed by atoms with Crippen LogP contribution in [0.3, 0.4) is 0 Å². The van der Waals surface area contributed by atoms with Crippen LogP contribution in [0.25, 0.3) is 0 Å². The van der Waals surface area contributed by atoms with Gasteiger partial charge in [0.15, 0.2) is 0 Å². The van der Waals surface area contributed by atoms with Crippen LogP contribution in [-0.2, 0) is 4.74 Å². The van der Waals surface area contributed by atoms with E-state index >= 15 is 0 Å². The van der Waals surface area contributed by atoms with E-state index in [-0.39, 0.29) is 6.54 Å². The third-order valence-corrected chi connectivity index (χ3v) is 2.19. The maximum Gasteiger partial charge on any atom is 0.412 e. The molecule has 0 saturated carbocycles. The minimum Gasteiger partial charge on any atom is -0.444 e. The monoisotopic (exact) mass is 272 g/mol. The van der Waals surface area contributed by atoms with Gasteiger partial charge in [-0.15, -0.1) is 9.60 Å². The minimum absolute atomic E-state index is 0.212. The fraction of sp³-hybridized carbons (Fsp3) is 0.643. The van der Waals surface area contributed by atoms with Gasteiger partial charge in [-0.1, -0.05) is 18.6 Å². The highest BCUT2D eigenvalue weighted by molar-refractivity contribution is 5.70. The minimum atomic E-state index is -0.542. The number of nitrogens with one attached hydrogen (secondary N) is 1. The number of alkyl carbamates (subject to hydrolysis) is 1. The molecule has 4 nitrogen and oxygen atoms in total. The van der Waals surface area contributed by atoms with Crippen molar-refractivity contribution in [2.75, 3.05) is 13.6 Å². The molecule has 0 radical (unpaired) electrons. The van der Waals surface area contributed by atoms with E-state index < -0.39 is 11.7 Å². The first-order valence-electron chi connectivity index (χ1n) is 6.40. The van der Waals surface area contributed by atoms with Gasteiger partial charge >= 0.3 is 6.09 Å². The van der Waals surface area contributed by atoms with Crippen molar-refractivity contribution in [3.05, 3.63) is 23.4 Å². The third kappa shape index (κ3) is 9.25. The molecule has 0 saturated heterocycles. The van der Waals surface area contributed by atoms with Crippen LogP contribution >= 0.6 is 0 Å². The second-order valence-corrected chi connectivity index (χ2v) is 5.29. The SMILES string of the molecule is C/C=C(\C=C(/CC)CN(C)F)NC(=O)OC(C)(C)C. The number of likely N-dealkylation sites (N-methyl/N-ethyl adjacent to an activating group) is 1. The molecule has 110 valence electrons. The molecule has 0 fully saturated rings. The molecular formula is C14H25FN2O2. The lowest BCUT2D eigenvalue weighted by Crippen LogP contribution is -2.31. The molecule has 0 aromatic rings. The highest BCUT2D eigenvalue weighted by Crippen LogP contribution is 2.10. The average Bonchev–Trinajstić information content (AvgIpc) is 2.23. The predicted molar refractivity (Wildman–Crippen MR) is 75.2 cm³/mol. The van der Waals surface area contributed by atoms with Gasteiger partial charge in [0.2, 0.25) is 0 Å². The molecule has 0 aliphatic carbocycles. The number of carbonyl (C=O) groups excluding carboxylic acids is 1. The molecule has 1 N–H and O–H groups in total. The normalized spacial score (nSPS) is 13.7. The number of allylic oxidation sites excluding steroid dienone is 2. The number of ether oxygens (including phenoxy) is 1. The Bertz CT molecular complexity index is 355. The largest absolute Gasteiger partial charge is 0.444 e. The van der Waals surface area contributed by atoms with Gasteiger partial charge in [-0.25, -0.2) is 4.79 Å². The first-order chi connectivity index (χ1) is 8.67. The summed E-state index contributed by atoms with van der Waals surface area (Å²) >= 11 is 0. The van der Waals surface area contributed by atoms with E-state index in [9.17, 15) is 9.28 Å². The van der Waals surface area contributed by atoms with Crippen LogP contribution in [0.5, 0.6) is 0 Å². The van der Waals surface area contributed by atoms with Crippen LogP contribution in [0.15, 0.2) is 23.4 Å². The van der Waals surface area contributed by atoms with Gasteiger partial charge in [0.05, 0.1) is 6.54 Å². The zero-order chi connectivity index (χ0) is 15.1. The Morgan fingerprint density at radius 3 is 2.37 bits per heavy atom. The number of rotatable bonds is 5. The maximum atomic E-state index is 12.8. The molecule has 0 aromatic heterocycles. The molecule has 0 atom stereocenters. The van der Waals surface area contributed by atoms with E-state index in [1.807, 2.05) is 6.92 Å². The predicted octanol–water partition coefficient (Wildman–Crippen LogP) is 3.57. The summed E-state index contributed by atoms with van der Waals surface area (Å²) in [6.07, 6.45) is 3.71. The van der Waals surface area contributed by atoms with Crippen molar-refractivity contribution in [1.29, 1.82) is 0 Å². The van der Waals surface area contributed by atoms with Crippen LogP contribution in [0.1, 0.15) is 41.0 Å². The Morgan fingerprint density at radius 1 is 1.42 bits per heavy atom. The zero-order valence-corrected chi connectivity index (χ0v) is 12.7. The lowest BCUT2D eigenvalue weighted by Gasteiger charge is -2.20. The first kappa shape index (κ1) is 17.6. The van der Waals surface area contributed by atoms with Crippen molar-refractivity contribution < 1.29 is 14.0 Å². The Labute approximate surface area is 115 Å². The topological polar surface area (TPSA) is 41.6 Å². The molecule has 19 heavy (non-hydrogen) atoms. The van der Waals surface area contributed by atoms with Gasteiger partial charge in [-0.3, -0.25) is 5.32 Å². The molecule has 0 rings (SSSR count). The first-order valence-corrected chi connectivity index (χ1v) is 6.40. The third-order valence-electron chi connectivity index (χ3n) is 2.19. The molecule has 1 amide bonds. The van der Waals surface area contributed by atoms with Gasteiger partial charge in [0.1, 0.15) is 5.60 Å². The lowest BCUT2D eigenvalue weighted by molar-refractivity contribution is 0.0547. The van der Waals surface area contributed by atoms with Crippen LogP contribution < -0.4 is 5.32 Å². The highest BCUT2D eigenvalue weighted by atomic mass is 19.2. The van der Waals surface area contributed by atoms with Crippen molar-refractivity contribution in [3.8, 4) is 0 Å². The molecule has 0 spiro atoms. The van der Waals surface area contributed by atoms with Crippen molar-refractivity contribution in [2.24, 2.45) is 0 Å². The molecule has 0 unspecified atom stereocenters. The molecule has 0 heterocycles. The maximum absolute atomic E-state index is 12.8. The second kappa shape index (κ2) is 7.94. The molecule has 0 aliphatic heterocycles. The van der Waals surface area contributed by atoms with E-state index in [1.54, 1.807) is 39.8 Å².